The van der Waals surface area contributed by atoms with Crippen molar-refractivity contribution in [2.24, 2.45) is 0 Å². The minimum atomic E-state index is 0.148. The average molecular weight is 711 g/mol. The zero-order valence-electron chi connectivity index (χ0n) is 30.9. The first-order chi connectivity index (χ1) is 27.8. The van der Waals surface area contributed by atoms with Crippen molar-refractivity contribution >= 4 is 0 Å². The quantitative estimate of drug-likeness (QED) is 0.161. The summed E-state index contributed by atoms with van der Waals surface area (Å²) >= 11 is 0. The first kappa shape index (κ1) is 32.4. The highest BCUT2D eigenvalue weighted by molar-refractivity contribution is 5.87. The lowest BCUT2D eigenvalue weighted by atomic mass is 9.85. The second-order valence-corrected chi connectivity index (χ2v) is 15.2. The van der Waals surface area contributed by atoms with Crippen LogP contribution in [0, 0.1) is 0 Å². The third-order valence-corrected chi connectivity index (χ3v) is 12.0. The molecular formula is C56H38. The Balaban J connectivity index is 0.954. The lowest BCUT2D eigenvalue weighted by molar-refractivity contribution is 1.02. The molecule has 0 saturated heterocycles. The molecule has 0 nitrogen and oxygen atoms in total. The largest absolute Gasteiger partial charge is 0.0622 e. The third-order valence-electron chi connectivity index (χ3n) is 12.0. The third kappa shape index (κ3) is 5.45. The van der Waals surface area contributed by atoms with Gasteiger partial charge in [0.05, 0.1) is 0 Å². The van der Waals surface area contributed by atoms with Gasteiger partial charge in [-0.15, -0.1) is 0 Å². The summed E-state index contributed by atoms with van der Waals surface area (Å²) in [4.78, 5) is 0. The molecule has 9 aromatic carbocycles. The van der Waals surface area contributed by atoms with E-state index in [1.54, 1.807) is 0 Å². The number of benzene rings is 9. The minimum absolute atomic E-state index is 0.148. The van der Waals surface area contributed by atoms with Crippen LogP contribution in [-0.2, 0) is 0 Å². The molecule has 0 heterocycles. The Morgan fingerprint density at radius 2 is 0.554 bits per heavy atom. The van der Waals surface area contributed by atoms with E-state index >= 15 is 0 Å². The lowest BCUT2D eigenvalue weighted by Gasteiger charge is -2.18. The summed E-state index contributed by atoms with van der Waals surface area (Å²) in [5, 5.41) is 0. The van der Waals surface area contributed by atoms with Gasteiger partial charge in [0.15, 0.2) is 0 Å². The van der Waals surface area contributed by atoms with Crippen molar-refractivity contribution in [3.8, 4) is 66.8 Å². The van der Waals surface area contributed by atoms with E-state index in [4.69, 9.17) is 0 Å². The van der Waals surface area contributed by atoms with Crippen molar-refractivity contribution in [1.82, 2.24) is 0 Å². The van der Waals surface area contributed by atoms with E-state index < -0.39 is 0 Å². The molecule has 2 aliphatic rings. The predicted molar refractivity (Wildman–Crippen MR) is 234 cm³/mol. The highest BCUT2D eigenvalue weighted by atomic mass is 14.3. The maximum Gasteiger partial charge on any atom is 0.0352 e. The molecule has 2 aliphatic carbocycles. The Morgan fingerprint density at radius 3 is 1.04 bits per heavy atom. The van der Waals surface area contributed by atoms with Gasteiger partial charge in [-0.1, -0.05) is 200 Å². The van der Waals surface area contributed by atoms with Gasteiger partial charge in [0.25, 0.3) is 0 Å². The van der Waals surface area contributed by atoms with E-state index in [2.05, 4.69) is 218 Å². The zero-order valence-corrected chi connectivity index (χ0v) is 30.9. The Hall–Kier alpha value is -7.02. The molecule has 11 rings (SSSR count). The van der Waals surface area contributed by atoms with Crippen molar-refractivity contribution in [3.05, 3.63) is 252 Å². The first-order valence-electron chi connectivity index (χ1n) is 19.6. The summed E-state index contributed by atoms with van der Waals surface area (Å²) in [6.07, 6.45) is 0. The average Bonchev–Trinajstić information content (AvgIpc) is 3.79. The van der Waals surface area contributed by atoms with Crippen molar-refractivity contribution in [1.29, 1.82) is 0 Å². The van der Waals surface area contributed by atoms with Crippen molar-refractivity contribution in [3.63, 3.8) is 0 Å². The highest BCUT2D eigenvalue weighted by Crippen LogP contribution is 2.51. The molecule has 0 amide bonds. The van der Waals surface area contributed by atoms with E-state index in [0.717, 1.165) is 0 Å². The summed E-state index contributed by atoms with van der Waals surface area (Å²) in [5.74, 6) is 0.414. The van der Waals surface area contributed by atoms with Gasteiger partial charge in [-0.25, -0.2) is 0 Å². The Labute approximate surface area is 329 Å². The smallest absolute Gasteiger partial charge is 0.0352 e. The molecular weight excluding hydrogens is 673 g/mol. The van der Waals surface area contributed by atoms with Crippen LogP contribution in [0.4, 0.5) is 0 Å². The van der Waals surface area contributed by atoms with Gasteiger partial charge in [0.2, 0.25) is 0 Å². The Bertz CT molecular complexity index is 2830. The first-order valence-corrected chi connectivity index (χ1v) is 19.6. The standard InChI is InChI=1S/C56H38/c1-4-14-37(15-5-1)44-32-45(38-16-6-2-7-17-38)34-46(33-44)56-50-23-13-11-21-48(50)54-36-43(29-31-52(54)56)40-26-24-39(25-27-40)42-28-30-51-53(35-42)47-20-10-12-22-49(47)55(51)41-18-8-3-9-19-41/h1-36,55-56H. The summed E-state index contributed by atoms with van der Waals surface area (Å²) < 4.78 is 0. The molecule has 2 unspecified atom stereocenters. The molecule has 56 heavy (non-hydrogen) atoms. The molecule has 0 fully saturated rings. The second kappa shape index (κ2) is 13.4. The van der Waals surface area contributed by atoms with E-state index in [9.17, 15) is 0 Å². The number of fused-ring (bicyclic) bond motifs is 6. The zero-order chi connectivity index (χ0) is 37.0. The molecule has 0 bridgehead atoms. The fraction of sp³-hybridized carbons (Fsp3) is 0.0357. The predicted octanol–water partition coefficient (Wildman–Crippen LogP) is 14.7. The molecule has 262 valence electrons. The molecule has 0 N–H and O–H groups in total. The molecule has 0 saturated carbocycles. The van der Waals surface area contributed by atoms with E-state index in [-0.39, 0.29) is 11.8 Å². The van der Waals surface area contributed by atoms with Crippen LogP contribution in [0.1, 0.15) is 45.2 Å². The fourth-order valence-electron chi connectivity index (χ4n) is 9.40. The minimum Gasteiger partial charge on any atom is -0.0622 e. The van der Waals surface area contributed by atoms with Gasteiger partial charge in [0, 0.05) is 11.8 Å². The van der Waals surface area contributed by atoms with Gasteiger partial charge in [-0.2, -0.15) is 0 Å². The van der Waals surface area contributed by atoms with Crippen molar-refractivity contribution in [2.45, 2.75) is 11.8 Å². The molecule has 0 heteroatoms. The molecule has 9 aromatic rings. The Morgan fingerprint density at radius 1 is 0.196 bits per heavy atom. The SMILES string of the molecule is c1ccc(-c2cc(-c3ccccc3)cc(C3c4ccccc4-c4cc(-c5ccc(-c6ccc7c(c6)-c6ccccc6C7c6ccccc6)cc5)ccc43)c2)cc1. The normalized spacial score (nSPS) is 14.8. The van der Waals surface area contributed by atoms with Gasteiger partial charge in [-0.05, 0) is 118 Å². The molecule has 0 aromatic heterocycles. The van der Waals surface area contributed by atoms with Crippen LogP contribution < -0.4 is 0 Å². The molecule has 0 spiro atoms. The van der Waals surface area contributed by atoms with Crippen LogP contribution >= 0.6 is 0 Å². The van der Waals surface area contributed by atoms with Crippen LogP contribution in [0.15, 0.2) is 218 Å². The van der Waals surface area contributed by atoms with Gasteiger partial charge >= 0.3 is 0 Å². The lowest BCUT2D eigenvalue weighted by Crippen LogP contribution is -2.00. The van der Waals surface area contributed by atoms with E-state index in [1.165, 1.54) is 100 Å². The molecule has 2 atom stereocenters. The van der Waals surface area contributed by atoms with Gasteiger partial charge < -0.3 is 0 Å². The van der Waals surface area contributed by atoms with Crippen LogP contribution in [-0.4, -0.2) is 0 Å². The summed E-state index contributed by atoms with van der Waals surface area (Å²) in [7, 11) is 0. The van der Waals surface area contributed by atoms with Crippen molar-refractivity contribution in [2.75, 3.05) is 0 Å². The summed E-state index contributed by atoms with van der Waals surface area (Å²) in [6, 6.07) is 80.8. The van der Waals surface area contributed by atoms with Crippen LogP contribution in [0.5, 0.6) is 0 Å². The maximum atomic E-state index is 2.42. The van der Waals surface area contributed by atoms with E-state index in [0.29, 0.717) is 0 Å². The van der Waals surface area contributed by atoms with Crippen LogP contribution in [0.2, 0.25) is 0 Å². The maximum absolute atomic E-state index is 2.42. The number of hydrogen-bond donors (Lipinski definition) is 0. The monoisotopic (exact) mass is 710 g/mol. The molecule has 0 aliphatic heterocycles. The van der Waals surface area contributed by atoms with Gasteiger partial charge in [-0.3, -0.25) is 0 Å². The molecule has 0 radical (unpaired) electrons. The van der Waals surface area contributed by atoms with Crippen LogP contribution in [0.3, 0.4) is 0 Å². The fourth-order valence-corrected chi connectivity index (χ4v) is 9.40. The Kier molecular flexibility index (Phi) is 7.74. The number of rotatable bonds is 6. The van der Waals surface area contributed by atoms with Crippen LogP contribution in [0.25, 0.3) is 66.8 Å². The van der Waals surface area contributed by atoms with E-state index in [1.807, 2.05) is 0 Å². The van der Waals surface area contributed by atoms with Crippen molar-refractivity contribution < 1.29 is 0 Å². The second-order valence-electron chi connectivity index (χ2n) is 15.2. The number of hydrogen-bond acceptors (Lipinski definition) is 0. The summed E-state index contributed by atoms with van der Waals surface area (Å²) in [6.45, 7) is 0. The van der Waals surface area contributed by atoms with Gasteiger partial charge in [0.1, 0.15) is 0 Å². The highest BCUT2D eigenvalue weighted by Gasteiger charge is 2.32. The topological polar surface area (TPSA) is 0 Å². The summed E-state index contributed by atoms with van der Waals surface area (Å²) in [5.41, 5.74) is 23.4.